The number of rotatable bonds is 13. The number of allylic oxidation sites excluding steroid dienone is 1. The molecule has 19 heteroatoms. The van der Waals surface area contributed by atoms with Gasteiger partial charge in [-0.2, -0.15) is 13.2 Å². The van der Waals surface area contributed by atoms with Crippen LogP contribution in [0.1, 0.15) is 67.4 Å². The fraction of sp³-hybridized carbons (Fsp3) is 0.391. The summed E-state index contributed by atoms with van der Waals surface area (Å²) >= 11 is 6.53. The van der Waals surface area contributed by atoms with Gasteiger partial charge in [0.1, 0.15) is 22.8 Å². The molecule has 65 heavy (non-hydrogen) atoms. The van der Waals surface area contributed by atoms with Gasteiger partial charge in [0.15, 0.2) is 0 Å². The van der Waals surface area contributed by atoms with Crippen LogP contribution in [-0.4, -0.2) is 86.6 Å². The van der Waals surface area contributed by atoms with Gasteiger partial charge in [-0.15, -0.1) is 0 Å². The summed E-state index contributed by atoms with van der Waals surface area (Å²) in [6, 6.07) is 15.4. The number of fused-ring (bicyclic) bond motifs is 1. The van der Waals surface area contributed by atoms with Crippen molar-refractivity contribution < 1.29 is 40.8 Å². The first-order valence-electron chi connectivity index (χ1n) is 21.4. The Labute approximate surface area is 379 Å². The van der Waals surface area contributed by atoms with Gasteiger partial charge in [0.2, 0.25) is 0 Å². The van der Waals surface area contributed by atoms with Gasteiger partial charge < -0.3 is 24.7 Å². The van der Waals surface area contributed by atoms with Crippen molar-refractivity contribution in [1.82, 2.24) is 19.6 Å². The third kappa shape index (κ3) is 10.7. The van der Waals surface area contributed by atoms with Crippen molar-refractivity contribution in [3.8, 4) is 11.5 Å². The minimum atomic E-state index is -4.61. The predicted molar refractivity (Wildman–Crippen MR) is 242 cm³/mol. The molecule has 1 atom stereocenters. The Hall–Kier alpha value is -5.69. The molecular formula is C46H49ClF3N7O7S. The number of aromatic nitrogens is 2. The molecule has 14 nitrogen and oxygen atoms in total. The number of sulfonamides is 1. The van der Waals surface area contributed by atoms with Crippen LogP contribution >= 0.6 is 11.6 Å². The molecule has 4 heterocycles. The number of hydrogen-bond acceptors (Lipinski definition) is 11. The van der Waals surface area contributed by atoms with Crippen LogP contribution in [0.3, 0.4) is 0 Å². The van der Waals surface area contributed by atoms with Crippen molar-refractivity contribution in [2.45, 2.75) is 57.0 Å². The van der Waals surface area contributed by atoms with Gasteiger partial charge in [0.25, 0.3) is 21.6 Å². The maximum absolute atomic E-state index is 13.9. The molecule has 0 saturated carbocycles. The number of nitro benzene ring substituents is 1. The smallest absolute Gasteiger partial charge is 0.416 e. The molecule has 0 radical (unpaired) electrons. The van der Waals surface area contributed by atoms with Crippen LogP contribution in [0.5, 0.6) is 11.5 Å². The second-order valence-electron chi connectivity index (χ2n) is 17.6. The third-order valence-electron chi connectivity index (χ3n) is 12.3. The topological polar surface area (TPSA) is 172 Å². The molecule has 2 aromatic heterocycles. The highest BCUT2D eigenvalue weighted by atomic mass is 35.5. The minimum Gasteiger partial charge on any atom is -0.455 e. The molecule has 5 aromatic rings. The molecule has 3 aliphatic rings. The van der Waals surface area contributed by atoms with E-state index in [4.69, 9.17) is 21.1 Å². The fourth-order valence-corrected chi connectivity index (χ4v) is 9.96. The normalized spacial score (nSPS) is 18.4. The molecule has 2 aliphatic heterocycles. The average Bonchev–Trinajstić information content (AvgIpc) is 3.74. The lowest BCUT2D eigenvalue weighted by Gasteiger charge is -2.39. The number of nitrogens with one attached hydrogen (secondary N) is 3. The van der Waals surface area contributed by atoms with Crippen molar-refractivity contribution in [2.24, 2.45) is 11.3 Å². The van der Waals surface area contributed by atoms with Crippen molar-refractivity contribution in [2.75, 3.05) is 62.7 Å². The van der Waals surface area contributed by atoms with Gasteiger partial charge in [-0.25, -0.2) is 18.1 Å². The zero-order chi connectivity index (χ0) is 46.1. The molecule has 1 aliphatic carbocycles. The Morgan fingerprint density at radius 2 is 1.88 bits per heavy atom. The second kappa shape index (κ2) is 18.7. The lowest BCUT2D eigenvalue weighted by atomic mass is 9.72. The van der Waals surface area contributed by atoms with Gasteiger partial charge >= 0.3 is 6.18 Å². The number of piperazine rings is 1. The van der Waals surface area contributed by atoms with Crippen LogP contribution in [0.2, 0.25) is 5.02 Å². The van der Waals surface area contributed by atoms with E-state index in [1.54, 1.807) is 30.5 Å². The summed E-state index contributed by atoms with van der Waals surface area (Å²) in [5.74, 6) is -0.513. The van der Waals surface area contributed by atoms with Crippen LogP contribution in [0.4, 0.5) is 30.2 Å². The highest BCUT2D eigenvalue weighted by Gasteiger charge is 2.34. The largest absolute Gasteiger partial charge is 0.455 e. The molecule has 2 saturated heterocycles. The number of alkyl halides is 3. The quantitative estimate of drug-likeness (QED) is 0.0758. The van der Waals surface area contributed by atoms with E-state index in [0.717, 1.165) is 60.4 Å². The summed E-state index contributed by atoms with van der Waals surface area (Å²) in [5, 5.41) is 16.0. The summed E-state index contributed by atoms with van der Waals surface area (Å²) in [6.45, 7) is 9.02. The SMILES string of the molecule is CC1(C)CCC(CN2CCN(c3ccc(C(=O)NS(=O)(=O)c4ccc(NC[C@H]5CCCOC5)c([N+](=O)[O-])c4)c(Oc4cnc5[nH]ccc5c4)c3)CC2)=C(c2ccc(C(F)(F)F)cc2Cl)C1. The lowest BCUT2D eigenvalue weighted by Crippen LogP contribution is -2.47. The summed E-state index contributed by atoms with van der Waals surface area (Å²) in [5.41, 5.74) is 2.86. The molecule has 2 fully saturated rings. The molecule has 1 amide bonds. The molecule has 3 N–H and O–H groups in total. The lowest BCUT2D eigenvalue weighted by molar-refractivity contribution is -0.384. The minimum absolute atomic E-state index is 0.0473. The van der Waals surface area contributed by atoms with Crippen LogP contribution in [0, 0.1) is 21.4 Å². The van der Waals surface area contributed by atoms with E-state index in [9.17, 15) is 36.5 Å². The van der Waals surface area contributed by atoms with E-state index >= 15 is 0 Å². The number of aromatic amines is 1. The average molecular weight is 936 g/mol. The molecule has 8 rings (SSSR count). The number of carbonyl (C=O) groups excluding carboxylic acids is 1. The number of amides is 1. The van der Waals surface area contributed by atoms with Gasteiger partial charge in [-0.3, -0.25) is 19.8 Å². The molecule has 344 valence electrons. The molecule has 0 bridgehead atoms. The van der Waals surface area contributed by atoms with Crippen LogP contribution in [0.15, 0.2) is 89.6 Å². The number of hydrogen-bond donors (Lipinski definition) is 3. The number of nitro groups is 1. The number of ether oxygens (including phenoxy) is 2. The Morgan fingerprint density at radius 3 is 2.60 bits per heavy atom. The maximum atomic E-state index is 13.9. The number of benzene rings is 3. The number of H-pyrrole nitrogens is 1. The zero-order valence-electron chi connectivity index (χ0n) is 35.8. The molecule has 0 unspecified atom stereocenters. The highest BCUT2D eigenvalue weighted by molar-refractivity contribution is 7.90. The van der Waals surface area contributed by atoms with Gasteiger partial charge in [-0.05, 0) is 103 Å². The summed E-state index contributed by atoms with van der Waals surface area (Å²) in [6.07, 6.45) is 2.89. The van der Waals surface area contributed by atoms with E-state index in [-0.39, 0.29) is 33.4 Å². The second-order valence-corrected chi connectivity index (χ2v) is 19.7. The van der Waals surface area contributed by atoms with E-state index < -0.39 is 43.2 Å². The fourth-order valence-electron chi connectivity index (χ4n) is 8.68. The van der Waals surface area contributed by atoms with Crippen LogP contribution in [0.25, 0.3) is 16.6 Å². The third-order valence-corrected chi connectivity index (χ3v) is 14.0. The van der Waals surface area contributed by atoms with E-state index in [2.05, 4.69) is 43.7 Å². The predicted octanol–water partition coefficient (Wildman–Crippen LogP) is 9.68. The van der Waals surface area contributed by atoms with Crippen molar-refractivity contribution in [3.05, 3.63) is 117 Å². The zero-order valence-corrected chi connectivity index (χ0v) is 37.4. The van der Waals surface area contributed by atoms with E-state index in [0.29, 0.717) is 81.6 Å². The standard InChI is InChI=1S/C46H49ClF3N7O7S/c1-45(2)13-11-31(38(24-45)36-8-5-32(21-39(36)47)46(48,49)50)27-55-15-17-56(18-16-55)33-6-9-37(42(22-33)64-34-20-30-12-14-51-43(30)53-26-34)44(58)54-65(61,62)35-7-10-40(41(23-35)57(59)60)52-25-29-4-3-19-63-28-29/h5-10,12,14,20-23,26,29,52H,3-4,11,13,15-19,24-25,27-28H2,1-2H3,(H,51,53)(H,54,58)/t29-/m1/s1. The van der Waals surface area contributed by atoms with E-state index in [1.165, 1.54) is 30.5 Å². The first kappa shape index (κ1) is 45.9. The number of anilines is 2. The Kier molecular flexibility index (Phi) is 13.2. The maximum Gasteiger partial charge on any atom is 0.416 e. The summed E-state index contributed by atoms with van der Waals surface area (Å²) in [4.78, 5) is 36.7. The van der Waals surface area contributed by atoms with Crippen molar-refractivity contribution in [1.29, 1.82) is 0 Å². The first-order chi connectivity index (χ1) is 30.9. The number of carbonyl (C=O) groups is 1. The summed E-state index contributed by atoms with van der Waals surface area (Å²) < 4.78 is 81.7. The van der Waals surface area contributed by atoms with Crippen molar-refractivity contribution >= 4 is 61.2 Å². The van der Waals surface area contributed by atoms with Gasteiger partial charge in [0, 0.05) is 80.3 Å². The number of nitrogens with zero attached hydrogens (tertiary/aromatic N) is 4. The van der Waals surface area contributed by atoms with Crippen molar-refractivity contribution in [3.63, 3.8) is 0 Å². The monoisotopic (exact) mass is 935 g/mol. The van der Waals surface area contributed by atoms with E-state index in [1.807, 2.05) is 0 Å². The van der Waals surface area contributed by atoms with Crippen LogP contribution < -0.4 is 19.7 Å². The number of halogens is 4. The Bertz CT molecular complexity index is 2750. The Balaban J connectivity index is 1.01. The molecular weight excluding hydrogens is 887 g/mol. The number of pyridine rings is 1. The summed E-state index contributed by atoms with van der Waals surface area (Å²) in [7, 11) is -4.61. The van der Waals surface area contributed by atoms with Gasteiger partial charge in [0.05, 0.1) is 33.7 Å². The highest BCUT2D eigenvalue weighted by Crippen LogP contribution is 2.46. The van der Waals surface area contributed by atoms with Crippen LogP contribution in [-0.2, 0) is 20.9 Å². The van der Waals surface area contributed by atoms with Gasteiger partial charge in [-0.1, -0.05) is 37.1 Å². The first-order valence-corrected chi connectivity index (χ1v) is 23.3. The Morgan fingerprint density at radius 1 is 1.08 bits per heavy atom. The molecule has 0 spiro atoms. The molecule has 3 aromatic carbocycles.